The van der Waals surface area contributed by atoms with Crippen molar-refractivity contribution in [2.45, 2.75) is 17.2 Å². The minimum atomic E-state index is -4.87. The summed E-state index contributed by atoms with van der Waals surface area (Å²) in [5.74, 6) is 0. The van der Waals surface area contributed by atoms with Gasteiger partial charge in [-0.3, -0.25) is 0 Å². The van der Waals surface area contributed by atoms with E-state index in [0.717, 1.165) is 0 Å². The molecule has 0 N–H and O–H groups in total. The third-order valence-electron chi connectivity index (χ3n) is 3.55. The van der Waals surface area contributed by atoms with Crippen LogP contribution < -0.4 is 4.80 Å². The average Bonchev–Trinajstić information content (AvgIpc) is 3.05. The van der Waals surface area contributed by atoms with Crippen molar-refractivity contribution in [3.8, 4) is 5.69 Å². The summed E-state index contributed by atoms with van der Waals surface area (Å²) in [4.78, 5) is -1.27. The molecule has 0 saturated carbocycles. The van der Waals surface area contributed by atoms with Gasteiger partial charge in [-0.25, -0.2) is 4.68 Å². The van der Waals surface area contributed by atoms with Gasteiger partial charge < -0.3 is 0 Å². The highest BCUT2D eigenvalue weighted by Gasteiger charge is 2.36. The van der Waals surface area contributed by atoms with Crippen LogP contribution in [0.3, 0.4) is 0 Å². The van der Waals surface area contributed by atoms with Gasteiger partial charge in [-0.2, -0.15) is 34.8 Å². The van der Waals surface area contributed by atoms with Crippen molar-refractivity contribution < 1.29 is 34.8 Å². The van der Waals surface area contributed by atoms with E-state index in [-0.39, 0.29) is 22.0 Å². The molecular formula is C16H8ClF6N3O2S2. The van der Waals surface area contributed by atoms with E-state index < -0.39 is 42.6 Å². The Labute approximate surface area is 173 Å². The number of hydrogen-bond donors (Lipinski definition) is 0. The van der Waals surface area contributed by atoms with Crippen molar-refractivity contribution in [2.75, 3.05) is 0 Å². The minimum Gasteiger partial charge on any atom is -0.204 e. The fourth-order valence-corrected chi connectivity index (χ4v) is 4.26. The Balaban J connectivity index is 2.15. The second-order valence-corrected chi connectivity index (χ2v) is 8.66. The van der Waals surface area contributed by atoms with Crippen molar-refractivity contribution in [3.63, 3.8) is 0 Å². The summed E-state index contributed by atoms with van der Waals surface area (Å²) < 4.78 is 106. The molecule has 0 aliphatic carbocycles. The van der Waals surface area contributed by atoms with Crippen molar-refractivity contribution in [3.05, 3.63) is 68.9 Å². The summed E-state index contributed by atoms with van der Waals surface area (Å²) in [5.41, 5.74) is -1.04. The first-order valence-corrected chi connectivity index (χ1v) is 10.3. The Morgan fingerprint density at radius 3 is 1.97 bits per heavy atom. The minimum absolute atomic E-state index is 0.0375. The SMILES string of the molecule is O=S(=O)(/N=c1\sc(C(F)(F)F)nn1-c1ccc(Cl)cc1)c1ccc(C(F)(F)F)cc1. The molecule has 14 heteroatoms. The standard InChI is InChI=1S/C16H8ClF6N3O2S2/c17-10-3-5-11(6-4-10)26-14(29-13(24-26)16(21,22)23)25-30(27,28)12-7-1-9(2-8-12)15(18,19)20/h1-8H/b25-14-. The molecule has 0 atom stereocenters. The predicted molar refractivity (Wildman–Crippen MR) is 95.6 cm³/mol. The van der Waals surface area contributed by atoms with E-state index >= 15 is 0 Å². The summed E-state index contributed by atoms with van der Waals surface area (Å²) in [6, 6.07) is 7.69. The van der Waals surface area contributed by atoms with Crippen molar-refractivity contribution in [1.82, 2.24) is 9.78 Å². The van der Waals surface area contributed by atoms with Crippen LogP contribution in [0.2, 0.25) is 5.02 Å². The van der Waals surface area contributed by atoms with Gasteiger partial charge in [0.15, 0.2) is 0 Å². The van der Waals surface area contributed by atoms with Gasteiger partial charge in [0.2, 0.25) is 9.81 Å². The second kappa shape index (κ2) is 7.71. The highest BCUT2D eigenvalue weighted by molar-refractivity contribution is 7.90. The normalized spacial score (nSPS) is 13.6. The number of benzene rings is 2. The number of halogens is 7. The van der Waals surface area contributed by atoms with Crippen LogP contribution in [0.25, 0.3) is 5.69 Å². The lowest BCUT2D eigenvalue weighted by Crippen LogP contribution is -2.17. The van der Waals surface area contributed by atoms with Gasteiger partial charge in [-0.1, -0.05) is 22.9 Å². The fraction of sp³-hybridized carbons (Fsp3) is 0.125. The van der Waals surface area contributed by atoms with Crippen LogP contribution in [0.5, 0.6) is 0 Å². The van der Waals surface area contributed by atoms with Gasteiger partial charge in [-0.15, -0.1) is 9.50 Å². The second-order valence-electron chi connectivity index (χ2n) is 5.66. The number of nitrogens with zero attached hydrogens (tertiary/aromatic N) is 3. The molecule has 30 heavy (non-hydrogen) atoms. The van der Waals surface area contributed by atoms with Crippen LogP contribution in [-0.2, 0) is 22.4 Å². The van der Waals surface area contributed by atoms with Crippen LogP contribution in [0, 0.1) is 0 Å². The van der Waals surface area contributed by atoms with Crippen molar-refractivity contribution >= 4 is 33.0 Å². The van der Waals surface area contributed by atoms with Gasteiger partial charge in [0, 0.05) is 5.02 Å². The molecule has 0 bridgehead atoms. The van der Waals surface area contributed by atoms with Crippen LogP contribution in [0.15, 0.2) is 57.8 Å². The number of rotatable bonds is 3. The smallest absolute Gasteiger partial charge is 0.204 e. The first-order chi connectivity index (χ1) is 13.8. The molecule has 0 amide bonds. The summed E-state index contributed by atoms with van der Waals surface area (Å²) in [5, 5.41) is 2.28. The largest absolute Gasteiger partial charge is 0.445 e. The zero-order valence-corrected chi connectivity index (χ0v) is 16.6. The molecule has 0 radical (unpaired) electrons. The van der Waals surface area contributed by atoms with E-state index in [2.05, 4.69) is 9.50 Å². The van der Waals surface area contributed by atoms with Crippen molar-refractivity contribution in [2.24, 2.45) is 4.40 Å². The van der Waals surface area contributed by atoms with Crippen molar-refractivity contribution in [1.29, 1.82) is 0 Å². The highest BCUT2D eigenvalue weighted by Crippen LogP contribution is 2.31. The molecule has 160 valence electrons. The number of hydrogen-bond acceptors (Lipinski definition) is 4. The van der Waals surface area contributed by atoms with Crippen LogP contribution in [0.1, 0.15) is 10.6 Å². The third kappa shape index (κ3) is 4.84. The Morgan fingerprint density at radius 1 is 0.900 bits per heavy atom. The molecule has 0 aliphatic rings. The molecular weight excluding hydrogens is 480 g/mol. The maximum Gasteiger partial charge on any atom is 0.445 e. The average molecular weight is 488 g/mol. The molecule has 5 nitrogen and oxygen atoms in total. The van der Waals surface area contributed by atoms with Gasteiger partial charge in [0.05, 0.1) is 16.1 Å². The maximum absolute atomic E-state index is 13.1. The van der Waals surface area contributed by atoms with E-state index in [0.29, 0.717) is 28.9 Å². The van der Waals surface area contributed by atoms with Gasteiger partial charge in [0.1, 0.15) is 0 Å². The lowest BCUT2D eigenvalue weighted by atomic mass is 10.2. The zero-order chi connectivity index (χ0) is 22.3. The van der Waals surface area contributed by atoms with E-state index in [1.54, 1.807) is 0 Å². The lowest BCUT2D eigenvalue weighted by Gasteiger charge is -2.06. The molecule has 1 heterocycles. The van der Waals surface area contributed by atoms with Crippen LogP contribution >= 0.6 is 22.9 Å². The Bertz CT molecular complexity index is 1230. The third-order valence-corrected chi connectivity index (χ3v) is 6.15. The monoisotopic (exact) mass is 487 g/mol. The molecule has 3 aromatic rings. The molecule has 3 rings (SSSR count). The zero-order valence-electron chi connectivity index (χ0n) is 14.2. The van der Waals surface area contributed by atoms with Gasteiger partial charge in [0.25, 0.3) is 10.0 Å². The van der Waals surface area contributed by atoms with E-state index in [9.17, 15) is 34.8 Å². The van der Waals surface area contributed by atoms with E-state index in [4.69, 9.17) is 11.6 Å². The molecule has 0 fully saturated rings. The molecule has 0 unspecified atom stereocenters. The molecule has 0 aliphatic heterocycles. The summed E-state index contributed by atoms with van der Waals surface area (Å²) in [7, 11) is -4.63. The molecule has 0 spiro atoms. The van der Waals surface area contributed by atoms with Gasteiger partial charge in [-0.05, 0) is 48.5 Å². The summed E-state index contributed by atoms with van der Waals surface area (Å²) in [6.45, 7) is 0. The van der Waals surface area contributed by atoms with E-state index in [1.165, 1.54) is 24.3 Å². The predicted octanol–water partition coefficient (Wildman–Crippen LogP) is 4.91. The molecule has 1 aromatic heterocycles. The maximum atomic E-state index is 13.1. The first-order valence-electron chi connectivity index (χ1n) is 7.69. The highest BCUT2D eigenvalue weighted by atomic mass is 35.5. The van der Waals surface area contributed by atoms with Crippen LogP contribution in [-0.4, -0.2) is 18.2 Å². The van der Waals surface area contributed by atoms with E-state index in [1.807, 2.05) is 0 Å². The Morgan fingerprint density at radius 2 is 1.47 bits per heavy atom. The summed E-state index contributed by atoms with van der Waals surface area (Å²) in [6.07, 6.45) is -9.55. The number of sulfonamides is 1. The topological polar surface area (TPSA) is 64.3 Å². The Kier molecular flexibility index (Phi) is 5.73. The number of aromatic nitrogens is 2. The van der Waals surface area contributed by atoms with Crippen LogP contribution in [0.4, 0.5) is 26.3 Å². The fourth-order valence-electron chi connectivity index (χ4n) is 2.18. The number of alkyl halides is 6. The first kappa shape index (κ1) is 22.3. The molecule has 0 saturated heterocycles. The molecule has 2 aromatic carbocycles. The summed E-state index contributed by atoms with van der Waals surface area (Å²) >= 11 is 5.70. The lowest BCUT2D eigenvalue weighted by molar-refractivity contribution is -0.138. The van der Waals surface area contributed by atoms with Gasteiger partial charge >= 0.3 is 12.4 Å². The quantitative estimate of drug-likeness (QED) is 0.493. The Hall–Kier alpha value is -2.38.